The maximum atomic E-state index is 12.4. The number of amides is 1. The number of fused-ring (bicyclic) bond motifs is 1. The first kappa shape index (κ1) is 16.7. The Kier molecular flexibility index (Phi) is 5.10. The second-order valence-corrected chi connectivity index (χ2v) is 8.46. The molecule has 1 saturated heterocycles. The van der Waals surface area contributed by atoms with E-state index in [0.717, 1.165) is 44.7 Å². The number of nitrogens with zero attached hydrogens (tertiary/aromatic N) is 3. The quantitative estimate of drug-likeness (QED) is 0.687. The van der Waals surface area contributed by atoms with Crippen molar-refractivity contribution in [2.24, 2.45) is 0 Å². The van der Waals surface area contributed by atoms with Crippen LogP contribution in [0.25, 0.3) is 10.2 Å². The van der Waals surface area contributed by atoms with Crippen LogP contribution in [0.5, 0.6) is 0 Å². The molecule has 6 heteroatoms. The summed E-state index contributed by atoms with van der Waals surface area (Å²) in [4.78, 5) is 22.8. The summed E-state index contributed by atoms with van der Waals surface area (Å²) in [7, 11) is 0. The Morgan fingerprint density at radius 3 is 2.68 bits per heavy atom. The summed E-state index contributed by atoms with van der Waals surface area (Å²) in [5, 5.41) is 3.24. The molecule has 1 aliphatic rings. The highest BCUT2D eigenvalue weighted by molar-refractivity contribution is 7.18. The number of benzene rings is 1. The van der Waals surface area contributed by atoms with Gasteiger partial charge in [-0.25, -0.2) is 4.98 Å². The predicted molar refractivity (Wildman–Crippen MR) is 104 cm³/mol. The van der Waals surface area contributed by atoms with Crippen molar-refractivity contribution < 1.29 is 4.79 Å². The number of aromatic nitrogens is 1. The Hall–Kier alpha value is -1.76. The number of hydrogen-bond acceptors (Lipinski definition) is 5. The lowest BCUT2D eigenvalue weighted by Gasteiger charge is -2.34. The maximum Gasteiger partial charge on any atom is 0.223 e. The second-order valence-electron chi connectivity index (χ2n) is 6.31. The molecule has 0 radical (unpaired) electrons. The van der Waals surface area contributed by atoms with Crippen molar-refractivity contribution in [3.05, 3.63) is 51.7 Å². The molecule has 1 amide bonds. The van der Waals surface area contributed by atoms with E-state index in [2.05, 4.69) is 34.5 Å². The van der Waals surface area contributed by atoms with Crippen molar-refractivity contribution in [3.63, 3.8) is 0 Å². The molecule has 1 fully saturated rings. The van der Waals surface area contributed by atoms with Crippen LogP contribution in [0.4, 0.5) is 0 Å². The van der Waals surface area contributed by atoms with Gasteiger partial charge in [0.25, 0.3) is 0 Å². The van der Waals surface area contributed by atoms with Gasteiger partial charge < -0.3 is 4.90 Å². The van der Waals surface area contributed by atoms with Gasteiger partial charge in [-0.05, 0) is 30.0 Å². The summed E-state index contributed by atoms with van der Waals surface area (Å²) in [5.74, 6) is 0.285. The van der Waals surface area contributed by atoms with Gasteiger partial charge in [0.2, 0.25) is 5.91 Å². The van der Waals surface area contributed by atoms with Crippen LogP contribution < -0.4 is 0 Å². The molecule has 3 aromatic rings. The zero-order valence-corrected chi connectivity index (χ0v) is 15.7. The van der Waals surface area contributed by atoms with E-state index in [1.165, 1.54) is 14.6 Å². The Balaban J connectivity index is 1.27. The molecular weight excluding hydrogens is 350 g/mol. The zero-order chi connectivity index (χ0) is 17.1. The molecule has 0 unspecified atom stereocenters. The van der Waals surface area contributed by atoms with E-state index in [4.69, 9.17) is 4.98 Å². The number of carbonyl (C=O) groups is 1. The number of carbonyl (C=O) groups excluding carboxylic acids is 1. The van der Waals surface area contributed by atoms with Crippen LogP contribution in [-0.2, 0) is 17.8 Å². The first-order valence-corrected chi connectivity index (χ1v) is 10.3. The van der Waals surface area contributed by atoms with Crippen LogP contribution in [0, 0.1) is 0 Å². The molecule has 0 N–H and O–H groups in total. The summed E-state index contributed by atoms with van der Waals surface area (Å²) < 4.78 is 1.25. The SMILES string of the molecule is O=C(CCc1cccs1)N1CCN(Cc2nc3ccccc3s2)CC1. The van der Waals surface area contributed by atoms with Crippen LogP contribution in [0.1, 0.15) is 16.3 Å². The fourth-order valence-corrected chi connectivity index (χ4v) is 4.90. The van der Waals surface area contributed by atoms with Gasteiger partial charge in [-0.3, -0.25) is 9.69 Å². The zero-order valence-electron chi connectivity index (χ0n) is 14.1. The summed E-state index contributed by atoms with van der Waals surface area (Å²) in [6, 6.07) is 12.4. The number of aryl methyl sites for hydroxylation is 1. The molecule has 130 valence electrons. The Morgan fingerprint density at radius 1 is 1.08 bits per heavy atom. The van der Waals surface area contributed by atoms with Gasteiger partial charge in [0.15, 0.2) is 0 Å². The number of thiophene rings is 1. The van der Waals surface area contributed by atoms with E-state index < -0.39 is 0 Å². The van der Waals surface area contributed by atoms with Crippen LogP contribution >= 0.6 is 22.7 Å². The third kappa shape index (κ3) is 4.08. The Bertz CT molecular complexity index is 802. The topological polar surface area (TPSA) is 36.4 Å². The molecular formula is C19H21N3OS2. The van der Waals surface area contributed by atoms with Gasteiger partial charge in [0, 0.05) is 37.5 Å². The number of thiazole rings is 1. The van der Waals surface area contributed by atoms with Crippen molar-refractivity contribution >= 4 is 38.8 Å². The molecule has 1 aliphatic heterocycles. The fourth-order valence-electron chi connectivity index (χ4n) is 3.18. The van der Waals surface area contributed by atoms with Gasteiger partial charge >= 0.3 is 0 Å². The normalized spacial score (nSPS) is 15.8. The molecule has 2 aromatic heterocycles. The van der Waals surface area contributed by atoms with Crippen LogP contribution in [0.3, 0.4) is 0 Å². The van der Waals surface area contributed by atoms with Crippen molar-refractivity contribution in [2.75, 3.05) is 26.2 Å². The number of hydrogen-bond donors (Lipinski definition) is 0. The van der Waals surface area contributed by atoms with E-state index in [0.29, 0.717) is 6.42 Å². The smallest absolute Gasteiger partial charge is 0.223 e. The predicted octanol–water partition coefficient (Wildman–Crippen LogP) is 3.63. The molecule has 25 heavy (non-hydrogen) atoms. The van der Waals surface area contributed by atoms with E-state index in [9.17, 15) is 4.79 Å². The second kappa shape index (κ2) is 7.64. The highest BCUT2D eigenvalue weighted by atomic mass is 32.1. The minimum Gasteiger partial charge on any atom is -0.340 e. The number of para-hydroxylation sites is 1. The lowest BCUT2D eigenvalue weighted by Crippen LogP contribution is -2.48. The van der Waals surface area contributed by atoms with Crippen molar-refractivity contribution in [3.8, 4) is 0 Å². The molecule has 3 heterocycles. The van der Waals surface area contributed by atoms with Crippen molar-refractivity contribution in [2.45, 2.75) is 19.4 Å². The van der Waals surface area contributed by atoms with E-state index in [1.807, 2.05) is 17.0 Å². The first-order valence-electron chi connectivity index (χ1n) is 8.65. The summed E-state index contributed by atoms with van der Waals surface area (Å²) in [6.45, 7) is 4.40. The minimum absolute atomic E-state index is 0.285. The van der Waals surface area contributed by atoms with Gasteiger partial charge in [-0.1, -0.05) is 18.2 Å². The Morgan fingerprint density at radius 2 is 1.92 bits per heavy atom. The average Bonchev–Trinajstić information content (AvgIpc) is 3.29. The summed E-state index contributed by atoms with van der Waals surface area (Å²) in [6.07, 6.45) is 1.49. The van der Waals surface area contributed by atoms with Crippen molar-refractivity contribution in [1.82, 2.24) is 14.8 Å². The molecule has 0 spiro atoms. The average molecular weight is 372 g/mol. The Labute approximate surface area is 155 Å². The lowest BCUT2D eigenvalue weighted by atomic mass is 10.2. The molecule has 1 aromatic carbocycles. The van der Waals surface area contributed by atoms with E-state index in [-0.39, 0.29) is 5.91 Å². The third-order valence-electron chi connectivity index (χ3n) is 4.59. The molecule has 0 atom stereocenters. The standard InChI is InChI=1S/C19H21N3OS2/c23-19(8-7-15-4-3-13-24-15)22-11-9-21(10-12-22)14-18-20-16-5-1-2-6-17(16)25-18/h1-6,13H,7-12,14H2. The van der Waals surface area contributed by atoms with Gasteiger partial charge in [-0.15, -0.1) is 22.7 Å². The van der Waals surface area contributed by atoms with E-state index in [1.54, 1.807) is 22.7 Å². The molecule has 0 saturated carbocycles. The third-order valence-corrected chi connectivity index (χ3v) is 6.54. The highest BCUT2D eigenvalue weighted by Gasteiger charge is 2.21. The number of rotatable bonds is 5. The van der Waals surface area contributed by atoms with Crippen LogP contribution in [-0.4, -0.2) is 46.9 Å². The molecule has 4 rings (SSSR count). The number of piperazine rings is 1. The van der Waals surface area contributed by atoms with E-state index >= 15 is 0 Å². The van der Waals surface area contributed by atoms with Gasteiger partial charge in [-0.2, -0.15) is 0 Å². The summed E-state index contributed by atoms with van der Waals surface area (Å²) >= 11 is 3.50. The fraction of sp³-hybridized carbons (Fsp3) is 0.368. The molecule has 0 aliphatic carbocycles. The minimum atomic E-state index is 0.285. The largest absolute Gasteiger partial charge is 0.340 e. The molecule has 0 bridgehead atoms. The first-order chi connectivity index (χ1) is 12.3. The van der Waals surface area contributed by atoms with Crippen LogP contribution in [0.15, 0.2) is 41.8 Å². The maximum absolute atomic E-state index is 12.4. The monoisotopic (exact) mass is 371 g/mol. The lowest BCUT2D eigenvalue weighted by molar-refractivity contribution is -0.132. The van der Waals surface area contributed by atoms with Crippen molar-refractivity contribution in [1.29, 1.82) is 0 Å². The van der Waals surface area contributed by atoms with Gasteiger partial charge in [0.05, 0.1) is 16.8 Å². The summed E-state index contributed by atoms with van der Waals surface area (Å²) in [5.41, 5.74) is 1.09. The van der Waals surface area contributed by atoms with Crippen LogP contribution in [0.2, 0.25) is 0 Å². The molecule has 4 nitrogen and oxygen atoms in total. The van der Waals surface area contributed by atoms with Gasteiger partial charge in [0.1, 0.15) is 5.01 Å². The highest BCUT2D eigenvalue weighted by Crippen LogP contribution is 2.23.